The molecule has 1 fully saturated rings. The van der Waals surface area contributed by atoms with Crippen LogP contribution in [0.3, 0.4) is 0 Å². The molecule has 3 rings (SSSR count). The largest absolute Gasteiger partial charge is 0.379 e. The van der Waals surface area contributed by atoms with Crippen molar-refractivity contribution in [2.24, 2.45) is 23.5 Å². The van der Waals surface area contributed by atoms with Crippen molar-refractivity contribution in [2.45, 2.75) is 117 Å². The first-order valence-electron chi connectivity index (χ1n) is 17.9. The lowest BCUT2D eigenvalue weighted by Crippen LogP contribution is -2.60. The molecule has 1 aromatic heterocycles. The lowest BCUT2D eigenvalue weighted by molar-refractivity contribution is -0.148. The topological polar surface area (TPSA) is 156 Å². The molecular weight excluding hydrogens is 636 g/mol. The number of pyridine rings is 1. The zero-order chi connectivity index (χ0) is 37.3. The van der Waals surface area contributed by atoms with Crippen molar-refractivity contribution >= 4 is 34.5 Å². The summed E-state index contributed by atoms with van der Waals surface area (Å²) in [5, 5.41) is 6.89. The number of amides is 4. The van der Waals surface area contributed by atoms with E-state index in [1.54, 1.807) is 46.2 Å². The maximum Gasteiger partial charge on any atom is 0.245 e. The van der Waals surface area contributed by atoms with Crippen LogP contribution in [0.1, 0.15) is 79.7 Å². The number of aromatic nitrogens is 1. The van der Waals surface area contributed by atoms with Gasteiger partial charge in [-0.3, -0.25) is 24.2 Å². The van der Waals surface area contributed by atoms with Crippen LogP contribution in [0.15, 0.2) is 36.5 Å². The maximum atomic E-state index is 14.1. The Labute approximate surface area is 298 Å². The van der Waals surface area contributed by atoms with Gasteiger partial charge in [0.1, 0.15) is 6.04 Å². The highest BCUT2D eigenvalue weighted by Gasteiger charge is 2.43. The molecule has 12 heteroatoms. The van der Waals surface area contributed by atoms with Crippen LogP contribution >= 0.6 is 0 Å². The summed E-state index contributed by atoms with van der Waals surface area (Å²) in [6.45, 7) is 13.7. The van der Waals surface area contributed by atoms with E-state index in [9.17, 15) is 19.2 Å². The highest BCUT2D eigenvalue weighted by Crippen LogP contribution is 2.30. The highest BCUT2D eigenvalue weighted by atomic mass is 16.5. The Morgan fingerprint density at radius 2 is 1.80 bits per heavy atom. The van der Waals surface area contributed by atoms with Gasteiger partial charge in [0.2, 0.25) is 23.6 Å². The number of likely N-dealkylation sites (N-methyl/N-ethyl adjacent to an activating group) is 1. The summed E-state index contributed by atoms with van der Waals surface area (Å²) < 4.78 is 11.9. The molecule has 12 nitrogen and oxygen atoms in total. The average Bonchev–Trinajstić information content (AvgIpc) is 3.57. The second-order valence-electron chi connectivity index (χ2n) is 14.8. The van der Waals surface area contributed by atoms with E-state index in [1.165, 1.54) is 0 Å². The standard InChI is InChI=1S/C38H60N6O6/c1-11-24(4)33(43(8)36(47)32(23(2)3)42-37(48)38(6,7)39)30(49-9)21-31(45)44-19-13-15-29(44)34(50-10)25(5)35(46)41-22-26-16-17-28-27(20-26)14-12-18-40-28/h12,14,16-18,20,23-25,29-30,32-34H,11,13,15,19,21-22,39H2,1-10H3,(H,41,46)(H,42,48). The fourth-order valence-corrected chi connectivity index (χ4v) is 6.95. The number of methoxy groups -OCH3 is 2. The second-order valence-corrected chi connectivity index (χ2v) is 14.8. The third kappa shape index (κ3) is 10.0. The van der Waals surface area contributed by atoms with Gasteiger partial charge in [-0.2, -0.15) is 0 Å². The summed E-state index contributed by atoms with van der Waals surface area (Å²) >= 11 is 0. The van der Waals surface area contributed by atoms with Gasteiger partial charge in [-0.15, -0.1) is 0 Å². The molecule has 0 spiro atoms. The van der Waals surface area contributed by atoms with Crippen molar-refractivity contribution in [3.8, 4) is 0 Å². The third-order valence-corrected chi connectivity index (χ3v) is 10.2. The van der Waals surface area contributed by atoms with E-state index in [4.69, 9.17) is 15.2 Å². The number of benzene rings is 1. The molecule has 4 N–H and O–H groups in total. The van der Waals surface area contributed by atoms with Gasteiger partial charge in [0.25, 0.3) is 0 Å². The Balaban J connectivity index is 1.73. The number of hydrogen-bond donors (Lipinski definition) is 3. The van der Waals surface area contributed by atoms with Gasteiger partial charge in [0.05, 0.1) is 47.7 Å². The summed E-state index contributed by atoms with van der Waals surface area (Å²) in [6.07, 6.45) is 2.91. The molecule has 7 unspecified atom stereocenters. The number of nitrogens with one attached hydrogen (secondary N) is 2. The number of hydrogen-bond acceptors (Lipinski definition) is 8. The predicted molar refractivity (Wildman–Crippen MR) is 195 cm³/mol. The molecule has 7 atom stereocenters. The smallest absolute Gasteiger partial charge is 0.245 e. The Morgan fingerprint density at radius 3 is 2.40 bits per heavy atom. The average molecular weight is 697 g/mol. The van der Waals surface area contributed by atoms with Crippen LogP contribution in [0, 0.1) is 17.8 Å². The molecule has 1 aromatic carbocycles. The molecular formula is C38H60N6O6. The van der Waals surface area contributed by atoms with Gasteiger partial charge in [0, 0.05) is 45.9 Å². The number of likely N-dealkylation sites (tertiary alicyclic amines) is 1. The van der Waals surface area contributed by atoms with Crippen LogP contribution in [0.5, 0.6) is 0 Å². The number of nitrogens with zero attached hydrogens (tertiary/aromatic N) is 3. The zero-order valence-corrected chi connectivity index (χ0v) is 31.7. The Bertz CT molecular complexity index is 1460. The lowest BCUT2D eigenvalue weighted by atomic mass is 9.89. The minimum absolute atomic E-state index is 0.0140. The molecule has 0 aliphatic carbocycles. The number of fused-ring (bicyclic) bond motifs is 1. The Hall–Kier alpha value is -3.61. The van der Waals surface area contributed by atoms with Crippen molar-refractivity contribution in [3.63, 3.8) is 0 Å². The van der Waals surface area contributed by atoms with Crippen LogP contribution in [0.2, 0.25) is 0 Å². The first kappa shape index (κ1) is 40.8. The van der Waals surface area contributed by atoms with Crippen LogP contribution in [-0.4, -0.2) is 102 Å². The Kier molecular flexibility index (Phi) is 14.7. The van der Waals surface area contributed by atoms with E-state index in [1.807, 2.05) is 69.9 Å². The predicted octanol–water partition coefficient (Wildman–Crippen LogP) is 3.65. The summed E-state index contributed by atoms with van der Waals surface area (Å²) in [5.74, 6) is -1.69. The number of nitrogens with two attached hydrogens (primary N) is 1. The van der Waals surface area contributed by atoms with E-state index in [0.29, 0.717) is 19.5 Å². The third-order valence-electron chi connectivity index (χ3n) is 10.2. The summed E-state index contributed by atoms with van der Waals surface area (Å²) in [5.41, 5.74) is 6.73. The van der Waals surface area contributed by atoms with Crippen molar-refractivity contribution in [3.05, 3.63) is 42.1 Å². The molecule has 278 valence electrons. The maximum absolute atomic E-state index is 14.1. The van der Waals surface area contributed by atoms with Crippen LogP contribution in [0.4, 0.5) is 0 Å². The van der Waals surface area contributed by atoms with Crippen LogP contribution in [0.25, 0.3) is 10.9 Å². The molecule has 0 bridgehead atoms. The van der Waals surface area contributed by atoms with Crippen LogP contribution < -0.4 is 16.4 Å². The van der Waals surface area contributed by atoms with Gasteiger partial charge in [-0.05, 0) is 62.3 Å². The van der Waals surface area contributed by atoms with Crippen molar-refractivity contribution in [1.29, 1.82) is 0 Å². The molecule has 1 saturated heterocycles. The quantitative estimate of drug-likeness (QED) is 0.226. The van der Waals surface area contributed by atoms with E-state index in [-0.39, 0.29) is 42.0 Å². The minimum atomic E-state index is -1.15. The lowest BCUT2D eigenvalue weighted by Gasteiger charge is -2.41. The molecule has 2 aromatic rings. The monoisotopic (exact) mass is 696 g/mol. The van der Waals surface area contributed by atoms with Gasteiger partial charge in [-0.1, -0.05) is 53.2 Å². The fraction of sp³-hybridized carbons (Fsp3) is 0.658. The van der Waals surface area contributed by atoms with Crippen molar-refractivity contribution in [2.75, 3.05) is 27.8 Å². The number of ether oxygens (including phenoxy) is 2. The summed E-state index contributed by atoms with van der Waals surface area (Å²) in [6, 6.07) is 8.25. The number of carbonyl (C=O) groups is 4. The first-order valence-corrected chi connectivity index (χ1v) is 17.9. The zero-order valence-electron chi connectivity index (χ0n) is 31.7. The molecule has 4 amide bonds. The SMILES string of the molecule is CCC(C)C(C(CC(=O)N1CCCC1C(OC)C(C)C(=O)NCc1ccc2ncccc2c1)OC)N(C)C(=O)C(NC(=O)C(C)(C)N)C(C)C. The van der Waals surface area contributed by atoms with E-state index < -0.39 is 41.7 Å². The normalized spacial score (nSPS) is 18.6. The van der Waals surface area contributed by atoms with Gasteiger partial charge in [-0.25, -0.2) is 0 Å². The molecule has 0 radical (unpaired) electrons. The summed E-state index contributed by atoms with van der Waals surface area (Å²) in [4.78, 5) is 62.0. The molecule has 2 heterocycles. The number of carbonyl (C=O) groups excluding carboxylic acids is 4. The van der Waals surface area contributed by atoms with E-state index in [2.05, 4.69) is 15.6 Å². The van der Waals surface area contributed by atoms with Gasteiger partial charge >= 0.3 is 0 Å². The Morgan fingerprint density at radius 1 is 1.10 bits per heavy atom. The molecule has 0 saturated carbocycles. The van der Waals surface area contributed by atoms with Gasteiger partial charge < -0.3 is 35.6 Å². The van der Waals surface area contributed by atoms with Crippen molar-refractivity contribution < 1.29 is 28.7 Å². The van der Waals surface area contributed by atoms with Crippen LogP contribution in [-0.2, 0) is 35.2 Å². The van der Waals surface area contributed by atoms with Crippen molar-refractivity contribution in [1.82, 2.24) is 25.4 Å². The second kappa shape index (κ2) is 18.1. The minimum Gasteiger partial charge on any atom is -0.379 e. The first-order chi connectivity index (χ1) is 23.5. The van der Waals surface area contributed by atoms with E-state index in [0.717, 1.165) is 29.3 Å². The van der Waals surface area contributed by atoms with Gasteiger partial charge in [0.15, 0.2) is 0 Å². The molecule has 50 heavy (non-hydrogen) atoms. The molecule has 1 aliphatic heterocycles. The highest BCUT2D eigenvalue weighted by molar-refractivity contribution is 5.91. The summed E-state index contributed by atoms with van der Waals surface area (Å²) in [7, 11) is 4.85. The fourth-order valence-electron chi connectivity index (χ4n) is 6.95. The van der Waals surface area contributed by atoms with E-state index >= 15 is 0 Å². The number of rotatable bonds is 17. The molecule has 1 aliphatic rings.